The number of hydrogen-bond donors (Lipinski definition) is 0. The van der Waals surface area contributed by atoms with E-state index in [-0.39, 0.29) is 13.2 Å². The van der Waals surface area contributed by atoms with Crippen molar-refractivity contribution in [1.29, 1.82) is 0 Å². The van der Waals surface area contributed by atoms with Crippen molar-refractivity contribution < 1.29 is 13.9 Å². The lowest BCUT2D eigenvalue weighted by atomic mass is 9.90. The van der Waals surface area contributed by atoms with Crippen LogP contribution < -0.4 is 0 Å². The van der Waals surface area contributed by atoms with Crippen LogP contribution in [0.25, 0.3) is 20.9 Å². The molecule has 0 amide bonds. The minimum atomic E-state index is -1.45. The molecule has 1 heterocycles. The zero-order chi connectivity index (χ0) is 16.7. The fourth-order valence-electron chi connectivity index (χ4n) is 2.44. The van der Waals surface area contributed by atoms with E-state index in [4.69, 9.17) is 20.5 Å². The Balaban J connectivity index is 2.11. The smallest absolute Gasteiger partial charge is 0.169 e. The van der Waals surface area contributed by atoms with E-state index in [0.29, 0.717) is 0 Å². The minimum absolute atomic E-state index is 0.00767. The van der Waals surface area contributed by atoms with Crippen molar-refractivity contribution in [3.63, 3.8) is 0 Å². The molecule has 8 nitrogen and oxygen atoms in total. The van der Waals surface area contributed by atoms with Crippen LogP contribution >= 0.6 is 0 Å². The summed E-state index contributed by atoms with van der Waals surface area (Å²) in [6.45, 7) is 1.81. The Morgan fingerprint density at radius 1 is 1.26 bits per heavy atom. The van der Waals surface area contributed by atoms with Crippen LogP contribution in [0.1, 0.15) is 12.5 Å². The van der Waals surface area contributed by atoms with Gasteiger partial charge in [-0.1, -0.05) is 47.5 Å². The van der Waals surface area contributed by atoms with Gasteiger partial charge in [0, 0.05) is 15.7 Å². The molecular weight excluding hydrogens is 303 g/mol. The lowest BCUT2D eigenvalue weighted by molar-refractivity contribution is -0.235. The first-order valence-electron chi connectivity index (χ1n) is 7.17. The van der Waals surface area contributed by atoms with E-state index in [2.05, 4.69) is 20.1 Å². The van der Waals surface area contributed by atoms with Crippen molar-refractivity contribution in [2.75, 3.05) is 6.54 Å². The predicted molar refractivity (Wildman–Crippen MR) is 80.9 cm³/mol. The fraction of sp³-hybridized carbons (Fsp3) is 0.571. The van der Waals surface area contributed by atoms with Crippen molar-refractivity contribution >= 4 is 0 Å². The first-order chi connectivity index (χ1) is 11.2. The lowest BCUT2D eigenvalue weighted by Gasteiger charge is -2.40. The van der Waals surface area contributed by atoms with Crippen LogP contribution in [-0.2, 0) is 16.1 Å². The number of hydrogen-bond acceptors (Lipinski definition) is 4. The first-order valence-corrected chi connectivity index (χ1v) is 7.17. The Labute approximate surface area is 132 Å². The van der Waals surface area contributed by atoms with E-state index in [1.165, 1.54) is 0 Å². The number of azide groups is 2. The highest BCUT2D eigenvalue weighted by molar-refractivity contribution is 5.13. The zero-order valence-corrected chi connectivity index (χ0v) is 12.6. The summed E-state index contributed by atoms with van der Waals surface area (Å²) in [7, 11) is 0. The van der Waals surface area contributed by atoms with Crippen molar-refractivity contribution in [3.8, 4) is 0 Å². The van der Waals surface area contributed by atoms with Gasteiger partial charge in [-0.15, -0.1) is 0 Å². The van der Waals surface area contributed by atoms with E-state index >= 15 is 0 Å². The highest BCUT2D eigenvalue weighted by Gasteiger charge is 2.44. The van der Waals surface area contributed by atoms with Crippen molar-refractivity contribution in [3.05, 3.63) is 56.8 Å². The topological polar surface area (TPSA) is 116 Å². The summed E-state index contributed by atoms with van der Waals surface area (Å²) in [5.74, 6) is -0.576. The average molecular weight is 320 g/mol. The fourth-order valence-corrected chi connectivity index (χ4v) is 2.44. The zero-order valence-electron chi connectivity index (χ0n) is 12.6. The van der Waals surface area contributed by atoms with Crippen molar-refractivity contribution in [2.45, 2.75) is 38.1 Å². The SMILES string of the molecule is C[C@H]1[C@@H](F)[C@@H](N=[N+]=[N-])C(OCc2ccccc2)O[C@@H]1CN=[N+]=[N-]. The normalized spacial score (nSPS) is 30.1. The molecule has 0 bridgehead atoms. The molecule has 23 heavy (non-hydrogen) atoms. The van der Waals surface area contributed by atoms with E-state index in [1.807, 2.05) is 30.3 Å². The number of nitrogens with zero attached hydrogens (tertiary/aromatic N) is 6. The third kappa shape index (κ3) is 4.34. The van der Waals surface area contributed by atoms with Crippen LogP contribution in [0.3, 0.4) is 0 Å². The van der Waals surface area contributed by atoms with Gasteiger partial charge < -0.3 is 9.47 Å². The van der Waals surface area contributed by atoms with Crippen LogP contribution in [0.2, 0.25) is 0 Å². The quantitative estimate of drug-likeness (QED) is 0.449. The highest BCUT2D eigenvalue weighted by Crippen LogP contribution is 2.31. The van der Waals surface area contributed by atoms with Gasteiger partial charge in [0.1, 0.15) is 12.2 Å². The van der Waals surface area contributed by atoms with Gasteiger partial charge in [-0.25, -0.2) is 4.39 Å². The molecule has 0 saturated carbocycles. The molecular formula is C14H17FN6O2. The van der Waals surface area contributed by atoms with E-state index < -0.39 is 30.5 Å². The van der Waals surface area contributed by atoms with Crippen LogP contribution in [0.15, 0.2) is 40.6 Å². The lowest BCUT2D eigenvalue weighted by Crippen LogP contribution is -2.52. The molecule has 122 valence electrons. The average Bonchev–Trinajstić information content (AvgIpc) is 2.58. The summed E-state index contributed by atoms with van der Waals surface area (Å²) in [6, 6.07) is 8.22. The summed E-state index contributed by atoms with van der Waals surface area (Å²) in [5.41, 5.74) is 17.9. The standard InChI is InChI=1S/C14H17FN6O2/c1-9-11(7-18-20-16)23-14(13(12(9)15)19-21-17)22-8-10-5-3-2-4-6-10/h2-6,9,11-14H,7-8H2,1H3/t9-,11-,12-,13-,14?/m1/s1. The summed E-state index contributed by atoms with van der Waals surface area (Å²) in [4.78, 5) is 5.34. The molecule has 1 aromatic carbocycles. The number of ether oxygens (including phenoxy) is 2. The van der Waals surface area contributed by atoms with Gasteiger partial charge in [0.15, 0.2) is 6.29 Å². The monoisotopic (exact) mass is 320 g/mol. The maximum Gasteiger partial charge on any atom is 0.169 e. The Morgan fingerprint density at radius 2 is 2.00 bits per heavy atom. The van der Waals surface area contributed by atoms with Gasteiger partial charge in [-0.2, -0.15) is 0 Å². The molecule has 1 aromatic rings. The summed E-state index contributed by atoms with van der Waals surface area (Å²) in [5, 5.41) is 6.91. The second-order valence-electron chi connectivity index (χ2n) is 5.25. The molecule has 0 aliphatic carbocycles. The van der Waals surface area contributed by atoms with E-state index in [9.17, 15) is 4.39 Å². The summed E-state index contributed by atoms with van der Waals surface area (Å²) < 4.78 is 25.8. The third-order valence-electron chi connectivity index (χ3n) is 3.77. The van der Waals surface area contributed by atoms with Crippen molar-refractivity contribution in [2.24, 2.45) is 16.1 Å². The molecule has 1 saturated heterocycles. The minimum Gasteiger partial charge on any atom is -0.348 e. The van der Waals surface area contributed by atoms with Gasteiger partial charge in [0.05, 0.1) is 19.3 Å². The third-order valence-corrected chi connectivity index (χ3v) is 3.77. The second-order valence-corrected chi connectivity index (χ2v) is 5.25. The Kier molecular flexibility index (Phi) is 6.19. The Hall–Kier alpha value is -2.31. The number of halogens is 1. The van der Waals surface area contributed by atoms with Crippen molar-refractivity contribution in [1.82, 2.24) is 0 Å². The molecule has 0 aromatic heterocycles. The number of alkyl halides is 1. The van der Waals surface area contributed by atoms with E-state index in [0.717, 1.165) is 5.56 Å². The van der Waals surface area contributed by atoms with Gasteiger partial charge in [0.2, 0.25) is 0 Å². The second kappa shape index (κ2) is 8.36. The molecule has 0 radical (unpaired) electrons. The van der Waals surface area contributed by atoms with E-state index in [1.54, 1.807) is 6.92 Å². The Bertz CT molecular complexity index is 601. The summed E-state index contributed by atoms with van der Waals surface area (Å²) in [6.07, 6.45) is -3.11. The number of benzene rings is 1. The number of rotatable bonds is 6. The predicted octanol–water partition coefficient (Wildman–Crippen LogP) is 3.89. The van der Waals surface area contributed by atoms with Gasteiger partial charge in [0.25, 0.3) is 0 Å². The molecule has 0 spiro atoms. The van der Waals surface area contributed by atoms with Gasteiger partial charge in [-0.3, -0.25) is 0 Å². The molecule has 5 atom stereocenters. The van der Waals surface area contributed by atoms with Crippen LogP contribution in [-0.4, -0.2) is 31.2 Å². The van der Waals surface area contributed by atoms with Gasteiger partial charge in [-0.05, 0) is 16.6 Å². The molecule has 1 aliphatic heterocycles. The highest BCUT2D eigenvalue weighted by atomic mass is 19.1. The molecule has 1 unspecified atom stereocenters. The first kappa shape index (κ1) is 17.1. The van der Waals surface area contributed by atoms with Crippen LogP contribution in [0.4, 0.5) is 4.39 Å². The Morgan fingerprint density at radius 3 is 2.65 bits per heavy atom. The maximum atomic E-state index is 14.5. The van der Waals surface area contributed by atoms with Crippen LogP contribution in [0.5, 0.6) is 0 Å². The largest absolute Gasteiger partial charge is 0.348 e. The summed E-state index contributed by atoms with van der Waals surface area (Å²) >= 11 is 0. The molecule has 0 N–H and O–H groups in total. The van der Waals surface area contributed by atoms with Gasteiger partial charge >= 0.3 is 0 Å². The molecule has 1 aliphatic rings. The maximum absolute atomic E-state index is 14.5. The molecule has 9 heteroatoms. The molecule has 1 fully saturated rings. The van der Waals surface area contributed by atoms with Crippen LogP contribution in [0, 0.1) is 5.92 Å². The molecule has 2 rings (SSSR count).